The Morgan fingerprint density at radius 1 is 0.964 bits per heavy atom. The summed E-state index contributed by atoms with van der Waals surface area (Å²) in [4.78, 5) is 14.7. The largest absolute Gasteiger partial charge is 0.494 e. The number of carbonyl (C=O) groups is 1. The molecule has 6 nitrogen and oxygen atoms in total. The Morgan fingerprint density at radius 2 is 1.61 bits per heavy atom. The highest BCUT2D eigenvalue weighted by Gasteiger charge is 2.20. The van der Waals surface area contributed by atoms with Crippen molar-refractivity contribution < 1.29 is 19.4 Å². The van der Waals surface area contributed by atoms with Gasteiger partial charge in [0.2, 0.25) is 0 Å². The standard InChI is InChI=1S/C22H28N2O4/c1-2-27-20-4-3-5-21(16-20)28-15-10-18-6-8-19(9-7-18)17-23-11-13-24(14-12-23)22(25)26/h3-9,16H,2,10-15,17H2,1H3,(H,25,26). The fraction of sp³-hybridized carbons (Fsp3) is 0.409. The van der Waals surface area contributed by atoms with Crippen LogP contribution in [0.25, 0.3) is 0 Å². The van der Waals surface area contributed by atoms with Crippen molar-refractivity contribution >= 4 is 6.09 Å². The molecule has 0 saturated carbocycles. The number of ether oxygens (including phenoxy) is 2. The van der Waals surface area contributed by atoms with Crippen LogP contribution in [-0.2, 0) is 13.0 Å². The Balaban J connectivity index is 1.42. The first-order valence-corrected chi connectivity index (χ1v) is 9.78. The van der Waals surface area contributed by atoms with E-state index in [0.29, 0.717) is 26.3 Å². The number of hydrogen-bond donors (Lipinski definition) is 1. The van der Waals surface area contributed by atoms with Gasteiger partial charge in [0, 0.05) is 45.2 Å². The van der Waals surface area contributed by atoms with Crippen LogP contribution < -0.4 is 9.47 Å². The Kier molecular flexibility index (Phi) is 7.14. The predicted octanol–water partition coefficient (Wildman–Crippen LogP) is 3.50. The third-order valence-corrected chi connectivity index (χ3v) is 4.85. The minimum atomic E-state index is -0.823. The van der Waals surface area contributed by atoms with Gasteiger partial charge in [0.15, 0.2) is 0 Å². The molecule has 150 valence electrons. The second-order valence-corrected chi connectivity index (χ2v) is 6.87. The lowest BCUT2D eigenvalue weighted by atomic mass is 10.1. The van der Waals surface area contributed by atoms with Gasteiger partial charge in [-0.1, -0.05) is 30.3 Å². The molecule has 1 amide bonds. The molecule has 0 atom stereocenters. The van der Waals surface area contributed by atoms with Gasteiger partial charge < -0.3 is 19.5 Å². The van der Waals surface area contributed by atoms with E-state index < -0.39 is 6.09 Å². The van der Waals surface area contributed by atoms with Crippen molar-refractivity contribution in [1.82, 2.24) is 9.80 Å². The molecule has 1 N–H and O–H groups in total. The topological polar surface area (TPSA) is 62.2 Å². The van der Waals surface area contributed by atoms with Gasteiger partial charge in [0.25, 0.3) is 0 Å². The van der Waals surface area contributed by atoms with Crippen LogP contribution in [0.15, 0.2) is 48.5 Å². The molecule has 3 rings (SSSR count). The summed E-state index contributed by atoms with van der Waals surface area (Å²) >= 11 is 0. The molecular formula is C22H28N2O4. The number of amides is 1. The number of benzene rings is 2. The zero-order chi connectivity index (χ0) is 19.8. The van der Waals surface area contributed by atoms with Crippen LogP contribution in [0.1, 0.15) is 18.1 Å². The highest BCUT2D eigenvalue weighted by molar-refractivity contribution is 5.65. The van der Waals surface area contributed by atoms with E-state index in [2.05, 4.69) is 29.2 Å². The summed E-state index contributed by atoms with van der Waals surface area (Å²) in [6.07, 6.45) is 0.0204. The monoisotopic (exact) mass is 384 g/mol. The summed E-state index contributed by atoms with van der Waals surface area (Å²) in [5.74, 6) is 1.65. The first-order valence-electron chi connectivity index (χ1n) is 9.78. The maximum Gasteiger partial charge on any atom is 0.407 e. The first kappa shape index (κ1) is 20.0. The van der Waals surface area contributed by atoms with Crippen molar-refractivity contribution in [2.75, 3.05) is 39.4 Å². The third-order valence-electron chi connectivity index (χ3n) is 4.85. The average molecular weight is 384 g/mol. The molecule has 0 unspecified atom stereocenters. The van der Waals surface area contributed by atoms with E-state index in [4.69, 9.17) is 14.6 Å². The Labute approximate surface area is 166 Å². The van der Waals surface area contributed by atoms with Gasteiger partial charge in [-0.25, -0.2) is 4.79 Å². The summed E-state index contributed by atoms with van der Waals surface area (Å²) in [6.45, 7) is 6.80. The number of rotatable bonds is 8. The van der Waals surface area contributed by atoms with Crippen molar-refractivity contribution in [3.63, 3.8) is 0 Å². The van der Waals surface area contributed by atoms with E-state index in [9.17, 15) is 4.79 Å². The maximum absolute atomic E-state index is 11.0. The second-order valence-electron chi connectivity index (χ2n) is 6.87. The number of hydrogen-bond acceptors (Lipinski definition) is 4. The lowest BCUT2D eigenvalue weighted by molar-refractivity contribution is 0.103. The Morgan fingerprint density at radius 3 is 2.25 bits per heavy atom. The van der Waals surface area contributed by atoms with Gasteiger partial charge >= 0.3 is 6.09 Å². The molecule has 6 heteroatoms. The van der Waals surface area contributed by atoms with E-state index in [-0.39, 0.29) is 0 Å². The lowest BCUT2D eigenvalue weighted by Gasteiger charge is -2.33. The first-order chi connectivity index (χ1) is 13.6. The quantitative estimate of drug-likeness (QED) is 0.755. The summed E-state index contributed by atoms with van der Waals surface area (Å²) in [5.41, 5.74) is 2.48. The zero-order valence-electron chi connectivity index (χ0n) is 16.3. The van der Waals surface area contributed by atoms with Gasteiger partial charge in [-0.2, -0.15) is 0 Å². The van der Waals surface area contributed by atoms with Gasteiger partial charge in [-0.3, -0.25) is 4.90 Å². The summed E-state index contributed by atoms with van der Waals surface area (Å²) < 4.78 is 11.3. The molecule has 0 aromatic heterocycles. The van der Waals surface area contributed by atoms with E-state index in [1.807, 2.05) is 31.2 Å². The number of nitrogens with zero attached hydrogens (tertiary/aromatic N) is 2. The van der Waals surface area contributed by atoms with E-state index >= 15 is 0 Å². The van der Waals surface area contributed by atoms with Crippen LogP contribution in [0.5, 0.6) is 11.5 Å². The maximum atomic E-state index is 11.0. The molecular weight excluding hydrogens is 356 g/mol. The van der Waals surface area contributed by atoms with Crippen LogP contribution >= 0.6 is 0 Å². The van der Waals surface area contributed by atoms with Crippen LogP contribution in [0.2, 0.25) is 0 Å². The summed E-state index contributed by atoms with van der Waals surface area (Å²) in [6, 6.07) is 16.3. The van der Waals surface area contributed by atoms with Crippen molar-refractivity contribution in [2.24, 2.45) is 0 Å². The molecule has 28 heavy (non-hydrogen) atoms. The van der Waals surface area contributed by atoms with Crippen LogP contribution in [0, 0.1) is 0 Å². The Hall–Kier alpha value is -2.73. The van der Waals surface area contributed by atoms with Crippen LogP contribution in [0.3, 0.4) is 0 Å². The fourth-order valence-electron chi connectivity index (χ4n) is 3.27. The minimum absolute atomic E-state index is 0.579. The molecule has 0 bridgehead atoms. The molecule has 0 spiro atoms. The van der Waals surface area contributed by atoms with Crippen LogP contribution in [-0.4, -0.2) is 60.4 Å². The molecule has 1 heterocycles. The molecule has 2 aromatic carbocycles. The van der Waals surface area contributed by atoms with Crippen molar-refractivity contribution in [3.05, 3.63) is 59.7 Å². The molecule has 1 aliphatic rings. The van der Waals surface area contributed by atoms with Crippen molar-refractivity contribution in [1.29, 1.82) is 0 Å². The molecule has 1 aliphatic heterocycles. The molecule has 1 fully saturated rings. The highest BCUT2D eigenvalue weighted by Crippen LogP contribution is 2.19. The lowest BCUT2D eigenvalue weighted by Crippen LogP contribution is -2.47. The van der Waals surface area contributed by atoms with Crippen LogP contribution in [0.4, 0.5) is 4.79 Å². The molecule has 0 radical (unpaired) electrons. The van der Waals surface area contributed by atoms with Crippen molar-refractivity contribution in [2.45, 2.75) is 19.9 Å². The van der Waals surface area contributed by atoms with Gasteiger partial charge in [0.05, 0.1) is 13.2 Å². The second kappa shape index (κ2) is 9.99. The summed E-state index contributed by atoms with van der Waals surface area (Å²) in [5, 5.41) is 9.02. The summed E-state index contributed by atoms with van der Waals surface area (Å²) in [7, 11) is 0. The molecule has 2 aromatic rings. The highest BCUT2D eigenvalue weighted by atomic mass is 16.5. The number of piperazine rings is 1. The van der Waals surface area contributed by atoms with E-state index in [1.54, 1.807) is 0 Å². The van der Waals surface area contributed by atoms with E-state index in [1.165, 1.54) is 16.0 Å². The van der Waals surface area contributed by atoms with Gasteiger partial charge in [0.1, 0.15) is 11.5 Å². The van der Waals surface area contributed by atoms with E-state index in [0.717, 1.165) is 37.6 Å². The third kappa shape index (κ3) is 5.89. The average Bonchev–Trinajstić information content (AvgIpc) is 2.70. The van der Waals surface area contributed by atoms with Crippen molar-refractivity contribution in [3.8, 4) is 11.5 Å². The normalized spacial score (nSPS) is 14.7. The molecule has 0 aliphatic carbocycles. The number of carboxylic acid groups (broad SMARTS) is 1. The Bertz CT molecular complexity index is 755. The van der Waals surface area contributed by atoms with Gasteiger partial charge in [-0.15, -0.1) is 0 Å². The minimum Gasteiger partial charge on any atom is -0.494 e. The SMILES string of the molecule is CCOc1cccc(OCCc2ccc(CN3CCN(C(=O)O)CC3)cc2)c1. The zero-order valence-corrected chi connectivity index (χ0v) is 16.3. The predicted molar refractivity (Wildman–Crippen MR) is 108 cm³/mol. The smallest absolute Gasteiger partial charge is 0.407 e. The van der Waals surface area contributed by atoms with Gasteiger partial charge in [-0.05, 0) is 30.2 Å². The fourth-order valence-corrected chi connectivity index (χ4v) is 3.27. The molecule has 1 saturated heterocycles.